The average Bonchev–Trinajstić information content (AvgIpc) is 3.02. The second-order valence-corrected chi connectivity index (χ2v) is 6.97. The molecule has 2 rings (SSSR count). The van der Waals surface area contributed by atoms with Gasteiger partial charge in [0.25, 0.3) is 0 Å². The molecular weight excluding hydrogens is 288 g/mol. The molecule has 4 heteroatoms. The van der Waals surface area contributed by atoms with Crippen molar-refractivity contribution in [3.05, 3.63) is 35.9 Å². The van der Waals surface area contributed by atoms with Gasteiger partial charge in [0.15, 0.2) is 0 Å². The van der Waals surface area contributed by atoms with Crippen LogP contribution in [0.5, 0.6) is 0 Å². The largest absolute Gasteiger partial charge is 0.395 e. The van der Waals surface area contributed by atoms with E-state index in [9.17, 15) is 9.90 Å². The lowest BCUT2D eigenvalue weighted by molar-refractivity contribution is -0.125. The minimum Gasteiger partial charge on any atom is -0.395 e. The third-order valence-corrected chi connectivity index (χ3v) is 4.93. The van der Waals surface area contributed by atoms with Gasteiger partial charge in [-0.1, -0.05) is 30.3 Å². The van der Waals surface area contributed by atoms with E-state index in [1.54, 1.807) is 0 Å². The molecule has 1 saturated heterocycles. The highest BCUT2D eigenvalue weighted by molar-refractivity contribution is 5.87. The van der Waals surface area contributed by atoms with E-state index in [1.807, 2.05) is 44.2 Å². The fourth-order valence-corrected chi connectivity index (χ4v) is 3.24. The average molecular weight is 318 g/mol. The second kappa shape index (κ2) is 8.46. The maximum Gasteiger partial charge on any atom is 0.230 e. The summed E-state index contributed by atoms with van der Waals surface area (Å²) in [6.45, 7) is 7.03. The molecule has 0 radical (unpaired) electrons. The predicted molar refractivity (Wildman–Crippen MR) is 93.4 cm³/mol. The van der Waals surface area contributed by atoms with Crippen LogP contribution in [0.3, 0.4) is 0 Å². The lowest BCUT2D eigenvalue weighted by Crippen LogP contribution is -2.40. The van der Waals surface area contributed by atoms with Crippen molar-refractivity contribution in [3.8, 4) is 0 Å². The molecule has 0 aliphatic carbocycles. The van der Waals surface area contributed by atoms with Crippen LogP contribution in [0.2, 0.25) is 0 Å². The van der Waals surface area contributed by atoms with Gasteiger partial charge in [0.2, 0.25) is 5.91 Å². The number of nitrogens with one attached hydrogen (secondary N) is 1. The maximum absolute atomic E-state index is 12.4. The van der Waals surface area contributed by atoms with Crippen molar-refractivity contribution in [2.75, 3.05) is 26.2 Å². The minimum atomic E-state index is -0.502. The molecule has 23 heavy (non-hydrogen) atoms. The Balaban J connectivity index is 1.69. The van der Waals surface area contributed by atoms with Crippen LogP contribution >= 0.6 is 0 Å². The van der Waals surface area contributed by atoms with Crippen LogP contribution in [0.4, 0.5) is 0 Å². The highest BCUT2D eigenvalue weighted by atomic mass is 16.3. The number of carbonyl (C=O) groups excluding carboxylic acids is 1. The van der Waals surface area contributed by atoms with E-state index < -0.39 is 5.41 Å². The van der Waals surface area contributed by atoms with Crippen molar-refractivity contribution < 1.29 is 9.90 Å². The van der Waals surface area contributed by atoms with Gasteiger partial charge in [-0.05, 0) is 58.2 Å². The van der Waals surface area contributed by atoms with E-state index in [4.69, 9.17) is 0 Å². The molecule has 2 N–H and O–H groups in total. The fraction of sp³-hybridized carbons (Fsp3) is 0.632. The van der Waals surface area contributed by atoms with Crippen LogP contribution < -0.4 is 5.32 Å². The number of benzene rings is 1. The quantitative estimate of drug-likeness (QED) is 0.723. The van der Waals surface area contributed by atoms with E-state index >= 15 is 0 Å². The first kappa shape index (κ1) is 18.0. The molecule has 1 aromatic carbocycles. The topological polar surface area (TPSA) is 52.6 Å². The number of hydrogen-bond acceptors (Lipinski definition) is 3. The normalized spacial score (nSPS) is 19.0. The molecule has 1 aliphatic heterocycles. The summed E-state index contributed by atoms with van der Waals surface area (Å²) in [6.07, 6.45) is 4.33. The SMILES string of the molecule is CC(C)(C(=O)NCCCCN1CCCC1CO)c1ccccc1. The molecule has 1 heterocycles. The molecule has 1 aromatic rings. The molecule has 0 saturated carbocycles. The van der Waals surface area contributed by atoms with Gasteiger partial charge < -0.3 is 10.4 Å². The number of unbranched alkanes of at least 4 members (excludes halogenated alkanes) is 1. The lowest BCUT2D eigenvalue weighted by Gasteiger charge is -2.25. The van der Waals surface area contributed by atoms with Gasteiger partial charge in [0, 0.05) is 12.6 Å². The van der Waals surface area contributed by atoms with E-state index in [1.165, 1.54) is 6.42 Å². The Morgan fingerprint density at radius 2 is 2.04 bits per heavy atom. The molecule has 0 bridgehead atoms. The lowest BCUT2D eigenvalue weighted by atomic mass is 9.84. The zero-order chi connectivity index (χ0) is 16.7. The van der Waals surface area contributed by atoms with Gasteiger partial charge in [-0.25, -0.2) is 0 Å². The van der Waals surface area contributed by atoms with E-state index in [2.05, 4.69) is 10.2 Å². The van der Waals surface area contributed by atoms with Gasteiger partial charge in [0.1, 0.15) is 0 Å². The minimum absolute atomic E-state index is 0.0816. The number of rotatable bonds is 8. The van der Waals surface area contributed by atoms with E-state index in [-0.39, 0.29) is 12.5 Å². The Kier molecular flexibility index (Phi) is 6.60. The summed E-state index contributed by atoms with van der Waals surface area (Å²) >= 11 is 0. The summed E-state index contributed by atoms with van der Waals surface area (Å²) in [5.74, 6) is 0.0816. The van der Waals surface area contributed by atoms with Gasteiger partial charge in [0.05, 0.1) is 12.0 Å². The standard InChI is InChI=1S/C19H30N2O2/c1-19(2,16-9-4-3-5-10-16)18(23)20-12-6-7-13-21-14-8-11-17(21)15-22/h3-5,9-10,17,22H,6-8,11-15H2,1-2H3,(H,20,23). The Bertz CT molecular complexity index is 487. The molecule has 1 unspecified atom stereocenters. The van der Waals surface area contributed by atoms with Crippen LogP contribution in [-0.2, 0) is 10.2 Å². The van der Waals surface area contributed by atoms with Crippen molar-refractivity contribution in [2.45, 2.75) is 51.0 Å². The zero-order valence-electron chi connectivity index (χ0n) is 14.4. The van der Waals surface area contributed by atoms with Crippen molar-refractivity contribution in [1.29, 1.82) is 0 Å². The number of likely N-dealkylation sites (tertiary alicyclic amines) is 1. The number of hydrogen-bond donors (Lipinski definition) is 2. The predicted octanol–water partition coefficient (Wildman–Crippen LogP) is 2.32. The smallest absolute Gasteiger partial charge is 0.230 e. The van der Waals surface area contributed by atoms with Crippen molar-refractivity contribution in [2.24, 2.45) is 0 Å². The molecule has 1 aliphatic rings. The van der Waals surface area contributed by atoms with Crippen molar-refractivity contribution in [1.82, 2.24) is 10.2 Å². The Labute approximate surface area is 139 Å². The van der Waals surface area contributed by atoms with Crippen LogP contribution in [-0.4, -0.2) is 48.2 Å². The number of aliphatic hydroxyl groups excluding tert-OH is 1. The van der Waals surface area contributed by atoms with Gasteiger partial charge >= 0.3 is 0 Å². The first-order valence-corrected chi connectivity index (χ1v) is 8.74. The monoisotopic (exact) mass is 318 g/mol. The molecule has 1 amide bonds. The third-order valence-electron chi connectivity index (χ3n) is 4.93. The summed E-state index contributed by atoms with van der Waals surface area (Å²) in [7, 11) is 0. The Morgan fingerprint density at radius 3 is 2.74 bits per heavy atom. The summed E-state index contributed by atoms with van der Waals surface area (Å²) in [4.78, 5) is 14.8. The van der Waals surface area contributed by atoms with Crippen molar-refractivity contribution in [3.63, 3.8) is 0 Å². The van der Waals surface area contributed by atoms with E-state index in [0.717, 1.165) is 37.9 Å². The number of aliphatic hydroxyl groups is 1. The van der Waals surface area contributed by atoms with E-state index in [0.29, 0.717) is 12.6 Å². The fourth-order valence-electron chi connectivity index (χ4n) is 3.24. The zero-order valence-corrected chi connectivity index (χ0v) is 14.4. The molecule has 128 valence electrons. The first-order chi connectivity index (χ1) is 11.1. The van der Waals surface area contributed by atoms with Gasteiger partial charge in [-0.3, -0.25) is 9.69 Å². The number of carbonyl (C=O) groups is 1. The second-order valence-electron chi connectivity index (χ2n) is 6.97. The van der Waals surface area contributed by atoms with Gasteiger partial charge in [-0.2, -0.15) is 0 Å². The van der Waals surface area contributed by atoms with Crippen LogP contribution in [0.15, 0.2) is 30.3 Å². The van der Waals surface area contributed by atoms with Crippen molar-refractivity contribution >= 4 is 5.91 Å². The highest BCUT2D eigenvalue weighted by Crippen LogP contribution is 2.23. The van der Waals surface area contributed by atoms with Crippen LogP contribution in [0.1, 0.15) is 45.1 Å². The molecule has 4 nitrogen and oxygen atoms in total. The molecule has 1 atom stereocenters. The summed E-state index contributed by atoms with van der Waals surface area (Å²) < 4.78 is 0. The summed E-state index contributed by atoms with van der Waals surface area (Å²) in [5, 5.41) is 12.4. The summed E-state index contributed by atoms with van der Waals surface area (Å²) in [6, 6.07) is 10.3. The Hall–Kier alpha value is -1.39. The summed E-state index contributed by atoms with van der Waals surface area (Å²) in [5.41, 5.74) is 0.540. The number of amides is 1. The van der Waals surface area contributed by atoms with Crippen LogP contribution in [0, 0.1) is 0 Å². The number of nitrogens with zero attached hydrogens (tertiary/aromatic N) is 1. The molecular formula is C19H30N2O2. The molecule has 0 spiro atoms. The first-order valence-electron chi connectivity index (χ1n) is 8.74. The third kappa shape index (κ3) is 4.79. The maximum atomic E-state index is 12.4. The molecule has 0 aromatic heterocycles. The van der Waals surface area contributed by atoms with Crippen LogP contribution in [0.25, 0.3) is 0 Å². The Morgan fingerprint density at radius 1 is 1.30 bits per heavy atom. The van der Waals surface area contributed by atoms with Gasteiger partial charge in [-0.15, -0.1) is 0 Å². The highest BCUT2D eigenvalue weighted by Gasteiger charge is 2.29. The molecule has 1 fully saturated rings.